The molecule has 0 saturated carbocycles. The minimum absolute atomic E-state index is 0.0573. The Labute approximate surface area is 104 Å². The van der Waals surface area contributed by atoms with Gasteiger partial charge in [0, 0.05) is 23.6 Å². The Hall–Kier alpha value is -0.950. The van der Waals surface area contributed by atoms with Crippen molar-refractivity contribution in [1.29, 1.82) is 0 Å². The van der Waals surface area contributed by atoms with Gasteiger partial charge >= 0.3 is 12.0 Å². The number of hydrogen-bond donors (Lipinski definition) is 3. The number of carbonyl (C=O) groups excluding carboxylic acids is 1. The first-order chi connectivity index (χ1) is 7.97. The Morgan fingerprint density at radius 3 is 2.71 bits per heavy atom. The minimum Gasteiger partial charge on any atom is -0.480 e. The molecule has 2 unspecified atom stereocenters. The van der Waals surface area contributed by atoms with Crippen molar-refractivity contribution in [2.45, 2.75) is 31.2 Å². The van der Waals surface area contributed by atoms with E-state index in [0.29, 0.717) is 11.8 Å². The van der Waals surface area contributed by atoms with Crippen LogP contribution in [0.15, 0.2) is 0 Å². The summed E-state index contributed by atoms with van der Waals surface area (Å²) in [5, 5.41) is 20.2. The van der Waals surface area contributed by atoms with Crippen LogP contribution >= 0.6 is 11.8 Å². The number of thioether (sulfide) groups is 1. The van der Waals surface area contributed by atoms with E-state index >= 15 is 0 Å². The maximum Gasteiger partial charge on any atom is 0.328 e. The molecule has 98 valence electrons. The molecule has 0 aromatic rings. The summed E-state index contributed by atoms with van der Waals surface area (Å²) in [7, 11) is 0. The van der Waals surface area contributed by atoms with Crippen LogP contribution in [0.1, 0.15) is 13.8 Å². The molecular weight excluding hydrogens is 244 g/mol. The number of carboxylic acid groups (broad SMARTS) is 1. The summed E-state index contributed by atoms with van der Waals surface area (Å²) in [6, 6.07) is -1.60. The van der Waals surface area contributed by atoms with Crippen LogP contribution < -0.4 is 5.32 Å². The summed E-state index contributed by atoms with van der Waals surface area (Å²) >= 11 is 1.79. The standard InChI is InChI=1S/C10H18N2O4S/c1-6-7(2)17-4-3-12(6)10(16)11-8(5-13)9(14)15/h6-8,13H,3-5H2,1-2H3,(H,11,16)(H,14,15)/t6?,7?,8-/m1/s1. The number of rotatable bonds is 3. The molecule has 0 aromatic heterocycles. The molecule has 0 bridgehead atoms. The number of aliphatic carboxylic acids is 1. The fourth-order valence-electron chi connectivity index (χ4n) is 1.64. The summed E-state index contributed by atoms with van der Waals surface area (Å²) in [5.74, 6) is -0.386. The molecule has 1 fully saturated rings. The molecule has 3 atom stereocenters. The highest BCUT2D eigenvalue weighted by Crippen LogP contribution is 2.24. The van der Waals surface area contributed by atoms with Crippen molar-refractivity contribution in [3.8, 4) is 0 Å². The number of hydrogen-bond acceptors (Lipinski definition) is 4. The lowest BCUT2D eigenvalue weighted by Crippen LogP contribution is -2.55. The Balaban J connectivity index is 2.60. The van der Waals surface area contributed by atoms with Crippen molar-refractivity contribution in [2.24, 2.45) is 0 Å². The molecule has 0 radical (unpaired) electrons. The first-order valence-corrected chi connectivity index (χ1v) is 6.54. The van der Waals surface area contributed by atoms with Crippen LogP contribution in [0, 0.1) is 0 Å². The summed E-state index contributed by atoms with van der Waals surface area (Å²) in [4.78, 5) is 24.2. The number of aliphatic hydroxyl groups is 1. The number of carboxylic acids is 1. The number of carbonyl (C=O) groups is 2. The molecule has 1 aliphatic heterocycles. The van der Waals surface area contributed by atoms with Gasteiger partial charge < -0.3 is 20.4 Å². The fourth-order valence-corrected chi connectivity index (χ4v) is 2.74. The van der Waals surface area contributed by atoms with Crippen molar-refractivity contribution in [2.75, 3.05) is 18.9 Å². The lowest BCUT2D eigenvalue weighted by Gasteiger charge is -2.37. The zero-order valence-corrected chi connectivity index (χ0v) is 10.7. The van der Waals surface area contributed by atoms with Gasteiger partial charge in [0.15, 0.2) is 6.04 Å². The smallest absolute Gasteiger partial charge is 0.328 e. The van der Waals surface area contributed by atoms with E-state index in [4.69, 9.17) is 10.2 Å². The van der Waals surface area contributed by atoms with E-state index in [1.165, 1.54) is 0 Å². The first-order valence-electron chi connectivity index (χ1n) is 5.49. The second-order valence-corrected chi connectivity index (χ2v) is 5.52. The summed E-state index contributed by atoms with van der Waals surface area (Å²) in [6.45, 7) is 3.97. The fraction of sp³-hybridized carbons (Fsp3) is 0.800. The van der Waals surface area contributed by atoms with Crippen molar-refractivity contribution in [3.63, 3.8) is 0 Å². The van der Waals surface area contributed by atoms with Gasteiger partial charge in [0.2, 0.25) is 0 Å². The number of urea groups is 1. The monoisotopic (exact) mass is 262 g/mol. The number of amides is 2. The largest absolute Gasteiger partial charge is 0.480 e. The first kappa shape index (κ1) is 14.1. The van der Waals surface area contributed by atoms with E-state index in [2.05, 4.69) is 5.32 Å². The van der Waals surface area contributed by atoms with E-state index in [0.717, 1.165) is 5.75 Å². The predicted octanol–water partition coefficient (Wildman–Crippen LogP) is -0.0327. The maximum atomic E-state index is 11.9. The van der Waals surface area contributed by atoms with Crippen LogP contribution in [0.3, 0.4) is 0 Å². The van der Waals surface area contributed by atoms with Gasteiger partial charge in [-0.25, -0.2) is 9.59 Å². The van der Waals surface area contributed by atoms with E-state index < -0.39 is 24.6 Å². The normalized spacial score (nSPS) is 26.4. The van der Waals surface area contributed by atoms with E-state index in [1.54, 1.807) is 16.7 Å². The van der Waals surface area contributed by atoms with Crippen molar-refractivity contribution < 1.29 is 19.8 Å². The average Bonchev–Trinajstić information content (AvgIpc) is 2.28. The molecular formula is C10H18N2O4S. The second-order valence-electron chi connectivity index (χ2n) is 4.03. The summed E-state index contributed by atoms with van der Waals surface area (Å²) < 4.78 is 0. The van der Waals surface area contributed by atoms with Gasteiger partial charge in [0.05, 0.1) is 6.61 Å². The van der Waals surface area contributed by atoms with Crippen LogP contribution in [0.5, 0.6) is 0 Å². The van der Waals surface area contributed by atoms with Gasteiger partial charge in [-0.1, -0.05) is 6.92 Å². The average molecular weight is 262 g/mol. The molecule has 1 rings (SSSR count). The Bertz CT molecular complexity index is 300. The third-order valence-electron chi connectivity index (χ3n) is 2.92. The van der Waals surface area contributed by atoms with Crippen molar-refractivity contribution >= 4 is 23.8 Å². The zero-order valence-electron chi connectivity index (χ0n) is 9.92. The molecule has 17 heavy (non-hydrogen) atoms. The Morgan fingerprint density at radius 1 is 1.53 bits per heavy atom. The molecule has 0 spiro atoms. The van der Waals surface area contributed by atoms with Gasteiger partial charge in [-0.15, -0.1) is 0 Å². The minimum atomic E-state index is -1.24. The Morgan fingerprint density at radius 2 is 2.18 bits per heavy atom. The zero-order chi connectivity index (χ0) is 13.0. The molecule has 3 N–H and O–H groups in total. The highest BCUT2D eigenvalue weighted by atomic mass is 32.2. The SMILES string of the molecule is CC1SCCN(C(=O)N[C@H](CO)C(=O)O)C1C. The highest BCUT2D eigenvalue weighted by molar-refractivity contribution is 8.00. The molecule has 1 saturated heterocycles. The van der Waals surface area contributed by atoms with E-state index in [-0.39, 0.29) is 6.04 Å². The van der Waals surface area contributed by atoms with Crippen LogP contribution in [-0.2, 0) is 4.79 Å². The van der Waals surface area contributed by atoms with E-state index in [9.17, 15) is 9.59 Å². The third kappa shape index (κ3) is 3.50. The quantitative estimate of drug-likeness (QED) is 0.664. The van der Waals surface area contributed by atoms with E-state index in [1.807, 2.05) is 13.8 Å². The molecule has 7 heteroatoms. The number of nitrogens with zero attached hydrogens (tertiary/aromatic N) is 1. The molecule has 0 aromatic carbocycles. The molecule has 1 aliphatic rings. The van der Waals surface area contributed by atoms with Gasteiger partial charge in [-0.3, -0.25) is 0 Å². The van der Waals surface area contributed by atoms with Crippen LogP contribution in [0.25, 0.3) is 0 Å². The van der Waals surface area contributed by atoms with Crippen molar-refractivity contribution in [3.05, 3.63) is 0 Å². The van der Waals surface area contributed by atoms with Crippen LogP contribution in [0.2, 0.25) is 0 Å². The second kappa shape index (κ2) is 6.11. The Kier molecular flexibility index (Phi) is 5.07. The highest BCUT2D eigenvalue weighted by Gasteiger charge is 2.30. The van der Waals surface area contributed by atoms with Crippen LogP contribution in [0.4, 0.5) is 4.79 Å². The van der Waals surface area contributed by atoms with Crippen LogP contribution in [-0.4, -0.2) is 63.4 Å². The topological polar surface area (TPSA) is 89.9 Å². The third-order valence-corrected chi connectivity index (χ3v) is 4.26. The molecule has 1 heterocycles. The van der Waals surface area contributed by atoms with Gasteiger partial charge in [0.25, 0.3) is 0 Å². The van der Waals surface area contributed by atoms with Gasteiger partial charge in [0.1, 0.15) is 0 Å². The van der Waals surface area contributed by atoms with Gasteiger partial charge in [-0.2, -0.15) is 11.8 Å². The molecule has 2 amide bonds. The molecule has 0 aliphatic carbocycles. The predicted molar refractivity (Wildman–Crippen MR) is 65.1 cm³/mol. The van der Waals surface area contributed by atoms with Gasteiger partial charge in [-0.05, 0) is 6.92 Å². The lowest BCUT2D eigenvalue weighted by molar-refractivity contribution is -0.140. The maximum absolute atomic E-state index is 11.9. The van der Waals surface area contributed by atoms with Crippen molar-refractivity contribution in [1.82, 2.24) is 10.2 Å². The lowest BCUT2D eigenvalue weighted by atomic mass is 10.2. The summed E-state index contributed by atoms with van der Waals surface area (Å²) in [5.41, 5.74) is 0. The molecule has 6 nitrogen and oxygen atoms in total. The number of nitrogens with one attached hydrogen (secondary N) is 1. The number of aliphatic hydroxyl groups excluding tert-OH is 1. The summed E-state index contributed by atoms with van der Waals surface area (Å²) in [6.07, 6.45) is 0.